The number of hydrogen-bond donors (Lipinski definition) is 6. The molecule has 4 aliphatic heterocycles. The van der Waals surface area contributed by atoms with Crippen LogP contribution in [-0.4, -0.2) is 59.8 Å². The number of benzene rings is 1. The van der Waals surface area contributed by atoms with Gasteiger partial charge in [-0.15, -0.1) is 0 Å². The molecule has 0 spiro atoms. The van der Waals surface area contributed by atoms with E-state index in [1.54, 1.807) is 0 Å². The summed E-state index contributed by atoms with van der Waals surface area (Å²) < 4.78 is 52.6. The van der Waals surface area contributed by atoms with E-state index in [9.17, 15) is 27.2 Å². The van der Waals surface area contributed by atoms with Crippen molar-refractivity contribution in [1.82, 2.24) is 26.8 Å². The monoisotopic (exact) mass is 624 g/mol. The van der Waals surface area contributed by atoms with Gasteiger partial charge in [0.25, 0.3) is 0 Å². The van der Waals surface area contributed by atoms with Crippen LogP contribution in [0.5, 0.6) is 0 Å². The lowest BCUT2D eigenvalue weighted by molar-refractivity contribution is -0.137. The van der Waals surface area contributed by atoms with Gasteiger partial charge in [-0.05, 0) is 77.2 Å². The zero-order valence-corrected chi connectivity index (χ0v) is 25.0. The Balaban J connectivity index is 1.25. The van der Waals surface area contributed by atoms with Crippen LogP contribution in [0.2, 0.25) is 0 Å². The van der Waals surface area contributed by atoms with Crippen LogP contribution < -0.4 is 32.1 Å². The molecule has 3 atom stereocenters. The Hall–Kier alpha value is -3.17. The van der Waals surface area contributed by atoms with E-state index in [1.807, 2.05) is 20.8 Å². The highest BCUT2D eigenvalue weighted by atomic mass is 32.2. The van der Waals surface area contributed by atoms with E-state index in [1.165, 1.54) is 11.8 Å². The highest BCUT2D eigenvalue weighted by Crippen LogP contribution is 2.46. The van der Waals surface area contributed by atoms with Crippen LogP contribution in [0.1, 0.15) is 52.0 Å². The molecule has 234 valence electrons. The minimum absolute atomic E-state index is 0.0768. The van der Waals surface area contributed by atoms with E-state index in [0.717, 1.165) is 37.9 Å². The van der Waals surface area contributed by atoms with Gasteiger partial charge in [0.2, 0.25) is 5.91 Å². The van der Waals surface area contributed by atoms with Crippen molar-refractivity contribution in [3.05, 3.63) is 41.0 Å². The summed E-state index contributed by atoms with van der Waals surface area (Å²) in [6.45, 7) is 8.63. The first-order chi connectivity index (χ1) is 20.3. The van der Waals surface area contributed by atoms with Crippen LogP contribution in [0.15, 0.2) is 39.6 Å². The maximum absolute atomic E-state index is 14.1. The van der Waals surface area contributed by atoms with Crippen LogP contribution in [0.25, 0.3) is 0 Å². The number of hydrogen-bond acceptors (Lipinski definition) is 8. The third-order valence-corrected chi connectivity index (χ3v) is 9.71. The summed E-state index contributed by atoms with van der Waals surface area (Å²) in [6.07, 6.45) is -1.23. The number of thioether (sulfide) groups is 1. The van der Waals surface area contributed by atoms with Crippen molar-refractivity contribution in [2.24, 2.45) is 21.3 Å². The first-order valence-corrected chi connectivity index (χ1v) is 15.1. The summed E-state index contributed by atoms with van der Waals surface area (Å²) >= 11 is 1.22. The lowest BCUT2D eigenvalue weighted by Gasteiger charge is -2.38. The van der Waals surface area contributed by atoms with E-state index in [0.29, 0.717) is 48.6 Å². The lowest BCUT2D eigenvalue weighted by atomic mass is 9.71. The van der Waals surface area contributed by atoms with Crippen molar-refractivity contribution < 1.29 is 27.2 Å². The summed E-state index contributed by atoms with van der Waals surface area (Å²) in [5.74, 6) is 0.0909. The average molecular weight is 625 g/mol. The molecule has 1 fully saturated rings. The molecular weight excluding hydrogens is 588 g/mol. The van der Waals surface area contributed by atoms with E-state index in [4.69, 9.17) is 4.99 Å². The summed E-state index contributed by atoms with van der Waals surface area (Å²) in [5.41, 5.74) is 5.27. The number of amidine groups is 1. The van der Waals surface area contributed by atoms with Crippen molar-refractivity contribution in [1.29, 1.82) is 0 Å². The number of carbonyl (C=O) groups is 2. The summed E-state index contributed by atoms with van der Waals surface area (Å²) in [5, 5.41) is 11.4. The molecule has 0 aromatic heterocycles. The quantitative estimate of drug-likeness (QED) is 0.267. The molecule has 0 saturated carbocycles. The van der Waals surface area contributed by atoms with Gasteiger partial charge in [0.05, 0.1) is 28.0 Å². The van der Waals surface area contributed by atoms with Crippen molar-refractivity contribution in [3.63, 3.8) is 0 Å². The number of anilines is 1. The highest BCUT2D eigenvalue weighted by Gasteiger charge is 2.51. The topological polar surface area (TPSA) is 131 Å². The number of aliphatic imine (C=N–C) groups is 2. The van der Waals surface area contributed by atoms with Crippen LogP contribution in [0, 0.1) is 17.2 Å². The molecule has 1 aromatic rings. The van der Waals surface area contributed by atoms with Gasteiger partial charge in [0.15, 0.2) is 5.17 Å². The van der Waals surface area contributed by atoms with Gasteiger partial charge in [-0.3, -0.25) is 15.1 Å². The maximum Gasteiger partial charge on any atom is 0.416 e. The Labute approximate surface area is 251 Å². The lowest BCUT2D eigenvalue weighted by Crippen LogP contribution is -2.49. The van der Waals surface area contributed by atoms with E-state index < -0.39 is 39.4 Å². The van der Waals surface area contributed by atoms with E-state index in [2.05, 4.69) is 37.1 Å². The van der Waals surface area contributed by atoms with Gasteiger partial charge in [0.1, 0.15) is 11.6 Å². The predicted octanol–water partition coefficient (Wildman–Crippen LogP) is 3.89. The smallest absolute Gasteiger partial charge is 0.355 e. The number of nitrogens with one attached hydrogen (secondary N) is 6. The molecule has 3 amide bonds. The Morgan fingerprint density at radius 2 is 1.91 bits per heavy atom. The normalized spacial score (nSPS) is 27.7. The molecule has 10 nitrogen and oxygen atoms in total. The fourth-order valence-corrected chi connectivity index (χ4v) is 7.04. The maximum atomic E-state index is 14.1. The van der Waals surface area contributed by atoms with Crippen molar-refractivity contribution >= 4 is 40.3 Å². The molecule has 5 rings (SSSR count). The molecule has 15 heteroatoms. The van der Waals surface area contributed by atoms with Crippen molar-refractivity contribution in [2.75, 3.05) is 31.5 Å². The largest absolute Gasteiger partial charge is 0.416 e. The Kier molecular flexibility index (Phi) is 8.78. The minimum atomic E-state index is -4.69. The molecule has 0 radical (unpaired) electrons. The third kappa shape index (κ3) is 6.68. The number of rotatable bonds is 6. The fraction of sp³-hybridized carbons (Fsp3) is 0.571. The molecule has 0 aliphatic carbocycles. The fourth-order valence-electron chi connectivity index (χ4n) is 5.98. The predicted molar refractivity (Wildman–Crippen MR) is 158 cm³/mol. The van der Waals surface area contributed by atoms with Crippen molar-refractivity contribution in [2.45, 2.75) is 63.4 Å². The number of halogens is 4. The summed E-state index contributed by atoms with van der Waals surface area (Å²) in [4.78, 5) is 35.6. The van der Waals surface area contributed by atoms with Gasteiger partial charge in [-0.25, -0.2) is 19.6 Å². The summed E-state index contributed by atoms with van der Waals surface area (Å²) in [6, 6.07) is 0.738. The molecule has 6 N–H and O–H groups in total. The zero-order valence-electron chi connectivity index (χ0n) is 24.2. The summed E-state index contributed by atoms with van der Waals surface area (Å²) in [7, 11) is 0. The average Bonchev–Trinajstić information content (AvgIpc) is 3.52. The van der Waals surface area contributed by atoms with Crippen LogP contribution in [0.4, 0.5) is 28.0 Å². The van der Waals surface area contributed by atoms with Gasteiger partial charge >= 0.3 is 12.2 Å². The highest BCUT2D eigenvalue weighted by molar-refractivity contribution is 8.16. The van der Waals surface area contributed by atoms with Gasteiger partial charge in [-0.2, -0.15) is 13.2 Å². The Morgan fingerprint density at radius 1 is 1.16 bits per heavy atom. The molecule has 1 aromatic carbocycles. The third-order valence-electron chi connectivity index (χ3n) is 8.47. The molecule has 43 heavy (non-hydrogen) atoms. The number of nitrogens with zero attached hydrogens (tertiary/aromatic N) is 2. The Morgan fingerprint density at radius 3 is 2.63 bits per heavy atom. The van der Waals surface area contributed by atoms with Gasteiger partial charge < -0.3 is 21.4 Å². The van der Waals surface area contributed by atoms with Crippen LogP contribution in [-0.2, 0) is 11.0 Å². The van der Waals surface area contributed by atoms with E-state index >= 15 is 0 Å². The van der Waals surface area contributed by atoms with Gasteiger partial charge in [0, 0.05) is 30.3 Å². The minimum Gasteiger partial charge on any atom is -0.355 e. The van der Waals surface area contributed by atoms with Crippen molar-refractivity contribution in [3.8, 4) is 0 Å². The Bertz CT molecular complexity index is 1380. The number of hydrazine groups is 1. The number of amides is 3. The number of piperidine rings is 1. The first kappa shape index (κ1) is 31.3. The molecule has 0 bridgehead atoms. The van der Waals surface area contributed by atoms with Gasteiger partial charge in [-0.1, -0.05) is 11.8 Å². The second kappa shape index (κ2) is 12.1. The molecule has 4 heterocycles. The number of alkyl halides is 3. The van der Waals surface area contributed by atoms with Crippen LogP contribution in [0.3, 0.4) is 0 Å². The second-order valence-electron chi connectivity index (χ2n) is 11.8. The number of carbonyl (C=O) groups excluding carboxylic acids is 2. The molecule has 4 aliphatic rings. The standard InChI is InChI=1S/C28H36F4N8O2S/c1-15-21-22(40-39-15)37-20(13-26(21,2)23(41)34-11-8-16-6-9-33-10-7-16)27(3)14-35-25(43-27)38-24(42)36-19-12-17(28(30,31)32)4-5-18(19)29/h4-5,12,15-16,33,39-40H,6-11,13-14H2,1-3H3,(H,34,41)(H2,35,36,38,42). The first-order valence-electron chi connectivity index (χ1n) is 14.3. The number of urea groups is 1. The molecule has 3 unspecified atom stereocenters. The van der Waals surface area contributed by atoms with Crippen LogP contribution >= 0.6 is 11.8 Å². The second-order valence-corrected chi connectivity index (χ2v) is 13.3. The molecule has 1 saturated heterocycles. The molecular formula is C28H36F4N8O2S. The SMILES string of the molecule is CC1NNC2=C1C(C)(C(=O)NCCC1CCNCC1)CC(C1(C)CN=C(NC(=O)Nc3cc(C(F)(F)F)ccc3F)S1)=N2. The zero-order chi connectivity index (χ0) is 31.0. The van der Waals surface area contributed by atoms with E-state index in [-0.39, 0.29) is 23.7 Å².